The molecule has 0 spiro atoms. The van der Waals surface area contributed by atoms with E-state index in [2.05, 4.69) is 37.2 Å². The number of likely N-dealkylation sites (tertiary alicyclic amines) is 1. The van der Waals surface area contributed by atoms with Gasteiger partial charge >= 0.3 is 29.6 Å². The van der Waals surface area contributed by atoms with Gasteiger partial charge in [-0.05, 0) is 50.4 Å². The van der Waals surface area contributed by atoms with Crippen LogP contribution in [-0.2, 0) is 192 Å². The Morgan fingerprint density at radius 2 is 0.883 bits per heavy atom. The molecule has 0 aromatic rings. The molecule has 1 rings (SSSR count). The molecule has 1 fully saturated rings. The predicted molar refractivity (Wildman–Crippen MR) is 401 cm³/mol. The Labute approximate surface area is 736 Å². The van der Waals surface area contributed by atoms with E-state index in [9.17, 15) is 57.5 Å². The quantitative estimate of drug-likeness (QED) is 0.00951. The van der Waals surface area contributed by atoms with Gasteiger partial charge in [0, 0.05) is 66.9 Å². The van der Waals surface area contributed by atoms with Gasteiger partial charge in [-0.3, -0.25) is 54.2 Å². The number of carboxylic acid groups (broad SMARTS) is 1. The Hall–Kier alpha value is -5.15. The summed E-state index contributed by atoms with van der Waals surface area (Å²) >= 11 is 0. The largest absolute Gasteiger partial charge is 1.00 e. The number of hydrogen-bond acceptors (Lipinski definition) is 39. The van der Waals surface area contributed by atoms with E-state index in [-0.39, 0.29) is 299 Å². The average Bonchev–Trinajstić information content (AvgIpc) is 1.39. The monoisotopic (exact) mass is 1940 g/mol. The fourth-order valence-electron chi connectivity index (χ4n) is 9.36. The molecule has 8 amide bonds. The first-order valence-corrected chi connectivity index (χ1v) is 37.2. The van der Waals surface area contributed by atoms with E-state index in [0.29, 0.717) is 51.7 Å². The number of rotatable bonds is 81. The van der Waals surface area contributed by atoms with Crippen LogP contribution in [0.1, 0.15) is 119 Å². The summed E-state index contributed by atoms with van der Waals surface area (Å²) in [5, 5.41) is 27.5. The molecule has 7 atom stereocenters. The number of hydrogen-bond donors (Lipinski definition) is 9. The van der Waals surface area contributed by atoms with E-state index in [1.807, 2.05) is 0 Å². The smallest absolute Gasteiger partial charge is 0.870 e. The first-order valence-electron chi connectivity index (χ1n) is 37.2. The Bertz CT molecular complexity index is 2650. The summed E-state index contributed by atoms with van der Waals surface area (Å²) < 4.78 is 123. The van der Waals surface area contributed by atoms with Crippen molar-refractivity contribution in [3.63, 3.8) is 0 Å². The first-order chi connectivity index (χ1) is 55.5. The fraction of sp³-hybridized carbons (Fsp3) is 0.829. The maximum absolute atomic E-state index is 13.6. The Morgan fingerprint density at radius 1 is 0.475 bits per heavy atom. The minimum atomic E-state index is -2.07. The van der Waals surface area contributed by atoms with Gasteiger partial charge in [0.15, 0.2) is 135 Å². The molecule has 7 unspecified atom stereocenters. The second-order valence-electron chi connectivity index (χ2n) is 25.6. The van der Waals surface area contributed by atoms with Crippen molar-refractivity contribution in [1.29, 1.82) is 0 Å². The number of Topliss-reactive ketones (excluding diaryl/α,β-unsaturated/α-hetero) is 2. The van der Waals surface area contributed by atoms with Crippen LogP contribution >= 0.6 is 0 Å². The molecule has 120 heavy (non-hydrogen) atoms. The topological polar surface area (TPSA) is 636 Å². The van der Waals surface area contributed by atoms with Crippen molar-refractivity contribution in [2.45, 2.75) is 149 Å². The summed E-state index contributed by atoms with van der Waals surface area (Å²) in [7, 11) is 1.58. The second kappa shape index (κ2) is 84.7. The van der Waals surface area contributed by atoms with Crippen LogP contribution in [0.4, 0.5) is 0 Å². The molecule has 48 nitrogen and oxygen atoms in total. The van der Waals surface area contributed by atoms with Crippen LogP contribution in [0.5, 0.6) is 0 Å². The number of aliphatic carboxylic acids is 1. The second-order valence-corrected chi connectivity index (χ2v) is 25.6. The van der Waals surface area contributed by atoms with Crippen molar-refractivity contribution in [2.24, 2.45) is 23.7 Å². The molecular formula is C70H129N10NaO38Pt-2. The van der Waals surface area contributed by atoms with Crippen molar-refractivity contribution in [3.05, 3.63) is 5.32 Å². The number of carbonyl (C=O) groups is 11. The third-order valence-corrected chi connectivity index (χ3v) is 15.4. The van der Waals surface area contributed by atoms with Gasteiger partial charge in [0.1, 0.15) is 37.5 Å². The number of ether oxygens (including phenoxy) is 24. The number of unbranched alkanes of at least 4 members (excludes halogenated alkanes) is 2. The average molecular weight is 1940 g/mol. The van der Waals surface area contributed by atoms with Crippen LogP contribution in [0, 0.1) is 23.7 Å². The molecule has 0 aromatic carbocycles. The van der Waals surface area contributed by atoms with E-state index in [4.69, 9.17) is 119 Å². The molecule has 1 aliphatic rings. The number of amides is 8. The Balaban J connectivity index is -0.00000882. The Kier molecular flexibility index (Phi) is 87.1. The molecule has 0 saturated carbocycles. The van der Waals surface area contributed by atoms with Crippen molar-refractivity contribution in [3.8, 4) is 0 Å². The molecule has 0 bridgehead atoms. The molecule has 14 N–H and O–H groups in total. The number of methoxy groups -OCH3 is 1. The number of ketones is 2. The predicted octanol–water partition coefficient (Wildman–Crippen LogP) is -3.22. The van der Waals surface area contributed by atoms with Crippen LogP contribution < -0.4 is 73.8 Å². The van der Waals surface area contributed by atoms with Gasteiger partial charge in [0.2, 0.25) is 41.4 Å². The standard InChI is InChI=1S/C70H123N8O37.2H3N.Na.H2O.Pt/c1-9-53(6)65(69(89)72-27-62(84)75-59(29-79)70(90)91)77-67(87)58(25-51(2)3)74-61(83)26-71-68(88)64(52(4)5)76-66(86)55-17-19-78(28-55)63(85)16-15-60(82)73-57(54(7)80)14-12-10-11-13-56(81)18-20-93-23-24-95-31-97-33-99-35-101-37-103-39-105-41-107-43-109-45-111-47-113-49-115-50-114-48-112-46-110-44-108-42-106-40-104-38-102-36-100-34-98-32-96-30-94-22-21-92-8;;;;;/h51-53,55,57-59,64-65H,9-28,30-50H2,1-8H3,(H8,71,72,73,74,75,76,77,82,83,84,86,87,88,89,90,91);2*1H3;;1H2;/q-1;;;+1;;/p-2. The van der Waals surface area contributed by atoms with Gasteiger partial charge in [0.05, 0.1) is 64.0 Å². The minimum absolute atomic E-state index is 0. The molecule has 700 valence electrons. The minimum Gasteiger partial charge on any atom is -0.870 e. The Morgan fingerprint density at radius 3 is 1.28 bits per heavy atom. The number of nitrogens with one attached hydrogen (secondary N) is 6. The zero-order valence-corrected chi connectivity index (χ0v) is 74.7. The van der Waals surface area contributed by atoms with E-state index < -0.39 is 108 Å². The third kappa shape index (κ3) is 69.2. The van der Waals surface area contributed by atoms with Gasteiger partial charge in [0.25, 0.3) is 5.97 Å². The molecular weight excluding hydrogens is 1810 g/mol. The van der Waals surface area contributed by atoms with Crippen LogP contribution in [0.25, 0.3) is 5.32 Å². The SMILES string of the molecule is CCC(C)C(NC(=O)C(CC(C)C)NC(=O)CNC(=O)C(NC(=O)C1CCN(C(=O)CCC(=O)NC(CCCCCC(=O)CCOCCOCOCOCOCOCOCOCOCOCOCOCOCOCOCOCOCOCOCOCOCOCOCCOC)C(C)=O)C1)C(C)C)C(=O)NCC(=O)[N-]C([C-]=O)C(=O)O.N.N.[Na+].[OH-].[Pt]. The number of nitrogens with zero attached hydrogens (tertiary/aromatic N) is 2. The van der Waals surface area contributed by atoms with Gasteiger partial charge in [-0.25, -0.2) is 0 Å². The van der Waals surface area contributed by atoms with Gasteiger partial charge in [-0.1, -0.05) is 60.8 Å². The van der Waals surface area contributed by atoms with Gasteiger partial charge in [-0.15, -0.1) is 6.04 Å². The van der Waals surface area contributed by atoms with Gasteiger partial charge < -0.3 is 188 Å². The maximum Gasteiger partial charge on any atom is 1.00 e. The molecule has 0 radical (unpaired) electrons. The molecule has 0 aromatic heterocycles. The van der Waals surface area contributed by atoms with Crippen molar-refractivity contribution in [1.82, 2.24) is 49.1 Å². The zero-order valence-electron chi connectivity index (χ0n) is 70.4. The van der Waals surface area contributed by atoms with Crippen molar-refractivity contribution in [2.75, 3.05) is 209 Å². The van der Waals surface area contributed by atoms with Crippen molar-refractivity contribution < 1.29 is 232 Å². The van der Waals surface area contributed by atoms with Crippen molar-refractivity contribution >= 4 is 71.1 Å². The summed E-state index contributed by atoms with van der Waals surface area (Å²) in [6.07, 6.45) is 4.12. The summed E-state index contributed by atoms with van der Waals surface area (Å²) in [6, 6.07) is -6.35. The summed E-state index contributed by atoms with van der Waals surface area (Å²) in [5.74, 6) is -9.24. The van der Waals surface area contributed by atoms with Crippen LogP contribution in [0.3, 0.4) is 0 Å². The molecule has 1 heterocycles. The van der Waals surface area contributed by atoms with E-state index >= 15 is 0 Å². The summed E-state index contributed by atoms with van der Waals surface area (Å²) in [6.45, 7) is 10.4. The van der Waals surface area contributed by atoms with Crippen LogP contribution in [0.15, 0.2) is 0 Å². The van der Waals surface area contributed by atoms with E-state index in [1.54, 1.807) is 48.7 Å². The van der Waals surface area contributed by atoms with Gasteiger partial charge in [-0.2, -0.15) is 0 Å². The van der Waals surface area contributed by atoms with E-state index in [0.717, 1.165) is 6.29 Å². The fourth-order valence-corrected chi connectivity index (χ4v) is 9.36. The zero-order chi connectivity index (χ0) is 84.7. The molecule has 50 heteroatoms. The normalized spacial score (nSPS) is 13.8. The van der Waals surface area contributed by atoms with E-state index in [1.165, 1.54) is 11.8 Å². The first kappa shape index (κ1) is 123. The maximum atomic E-state index is 13.6. The third-order valence-electron chi connectivity index (χ3n) is 15.4. The summed E-state index contributed by atoms with van der Waals surface area (Å²) in [4.78, 5) is 153. The molecule has 1 aliphatic heterocycles. The summed E-state index contributed by atoms with van der Waals surface area (Å²) in [5.41, 5.74) is 0. The van der Waals surface area contributed by atoms with Crippen LogP contribution in [0.2, 0.25) is 0 Å². The number of carbonyl (C=O) groups excluding carboxylic acids is 11. The van der Waals surface area contributed by atoms with Crippen LogP contribution in [-0.4, -0.2) is 326 Å². The molecule has 1 saturated heterocycles. The molecule has 0 aliphatic carbocycles. The number of carboxylic acids is 1.